The van der Waals surface area contributed by atoms with Crippen LogP contribution in [0.3, 0.4) is 0 Å². The van der Waals surface area contributed by atoms with Crippen LogP contribution in [0.2, 0.25) is 0 Å². The number of primary amides is 1. The highest BCUT2D eigenvalue weighted by molar-refractivity contribution is 5.94. The van der Waals surface area contributed by atoms with Gasteiger partial charge in [0.05, 0.1) is 19.3 Å². The summed E-state index contributed by atoms with van der Waals surface area (Å²) in [5, 5.41) is 2.53. The fourth-order valence-corrected chi connectivity index (χ4v) is 3.21. The molecule has 0 saturated carbocycles. The van der Waals surface area contributed by atoms with Gasteiger partial charge in [-0.3, -0.25) is 4.79 Å². The van der Waals surface area contributed by atoms with Crippen LogP contribution in [0.5, 0.6) is 0 Å². The molecule has 3 rings (SSSR count). The van der Waals surface area contributed by atoms with Crippen molar-refractivity contribution < 1.29 is 19.1 Å². The minimum atomic E-state index is -0.567. The first kappa shape index (κ1) is 16.7. The van der Waals surface area contributed by atoms with Crippen LogP contribution in [-0.4, -0.2) is 48.9 Å². The number of benzene rings is 1. The van der Waals surface area contributed by atoms with Crippen molar-refractivity contribution in [3.05, 3.63) is 35.4 Å². The van der Waals surface area contributed by atoms with E-state index in [1.54, 1.807) is 12.1 Å². The Labute approximate surface area is 141 Å². The number of carbonyl (C=O) groups excluding carboxylic acids is 2. The van der Waals surface area contributed by atoms with Gasteiger partial charge in [-0.15, -0.1) is 0 Å². The second-order valence-electron chi connectivity index (χ2n) is 6.09. The maximum Gasteiger partial charge on any atom is 0.312 e. The standard InChI is InChI=1S/C17H23N3O4/c18-17(22)19-11-12-4-6-13(7-5-12)15(21)20-8-2-1-3-14(20)16-23-9-10-24-16/h4-7,14,16H,1-3,8-11H2,(H3,18,19,22)/t14-/m0/s1. The first-order chi connectivity index (χ1) is 11.6. The van der Waals surface area contributed by atoms with E-state index in [0.29, 0.717) is 25.3 Å². The summed E-state index contributed by atoms with van der Waals surface area (Å²) in [4.78, 5) is 25.5. The van der Waals surface area contributed by atoms with Crippen LogP contribution >= 0.6 is 0 Å². The number of rotatable bonds is 4. The first-order valence-corrected chi connectivity index (χ1v) is 8.31. The SMILES string of the molecule is NC(=O)NCc1ccc(C(=O)N2CCCC[C@H]2C2OCCO2)cc1. The Hall–Kier alpha value is -2.12. The summed E-state index contributed by atoms with van der Waals surface area (Å²) in [6.45, 7) is 2.24. The van der Waals surface area contributed by atoms with E-state index in [-0.39, 0.29) is 18.2 Å². The quantitative estimate of drug-likeness (QED) is 0.866. The average molecular weight is 333 g/mol. The Kier molecular flexibility index (Phi) is 5.32. The normalized spacial score (nSPS) is 21.7. The molecule has 24 heavy (non-hydrogen) atoms. The molecule has 1 aromatic carbocycles. The van der Waals surface area contributed by atoms with Crippen LogP contribution in [0.15, 0.2) is 24.3 Å². The molecule has 0 spiro atoms. The lowest BCUT2D eigenvalue weighted by atomic mass is 10.00. The lowest BCUT2D eigenvalue weighted by Gasteiger charge is -2.38. The summed E-state index contributed by atoms with van der Waals surface area (Å²) >= 11 is 0. The van der Waals surface area contributed by atoms with Crippen molar-refractivity contribution in [3.8, 4) is 0 Å². The zero-order chi connectivity index (χ0) is 16.9. The lowest BCUT2D eigenvalue weighted by Crippen LogP contribution is -2.50. The molecule has 2 aliphatic heterocycles. The Morgan fingerprint density at radius 2 is 1.88 bits per heavy atom. The van der Waals surface area contributed by atoms with Gasteiger partial charge < -0.3 is 25.4 Å². The molecule has 7 heteroatoms. The van der Waals surface area contributed by atoms with Crippen LogP contribution in [0.1, 0.15) is 35.2 Å². The second-order valence-corrected chi connectivity index (χ2v) is 6.09. The number of hydrogen-bond acceptors (Lipinski definition) is 4. The average Bonchev–Trinajstić information content (AvgIpc) is 3.14. The van der Waals surface area contributed by atoms with Crippen LogP contribution < -0.4 is 11.1 Å². The Morgan fingerprint density at radius 1 is 1.17 bits per heavy atom. The summed E-state index contributed by atoms with van der Waals surface area (Å²) in [7, 11) is 0. The molecule has 1 atom stereocenters. The Balaban J connectivity index is 1.68. The number of amides is 3. The Bertz CT molecular complexity index is 584. The number of hydrogen-bond donors (Lipinski definition) is 2. The van der Waals surface area contributed by atoms with E-state index in [0.717, 1.165) is 31.4 Å². The van der Waals surface area contributed by atoms with Crippen LogP contribution in [0.25, 0.3) is 0 Å². The van der Waals surface area contributed by atoms with Crippen LogP contribution in [-0.2, 0) is 16.0 Å². The molecule has 2 saturated heterocycles. The van der Waals surface area contributed by atoms with Gasteiger partial charge in [-0.2, -0.15) is 0 Å². The highest BCUT2D eigenvalue weighted by Gasteiger charge is 2.36. The van der Waals surface area contributed by atoms with Gasteiger partial charge in [-0.05, 0) is 37.0 Å². The molecule has 0 bridgehead atoms. The van der Waals surface area contributed by atoms with Gasteiger partial charge in [0.1, 0.15) is 0 Å². The minimum absolute atomic E-state index is 0.00629. The van der Waals surface area contributed by atoms with Gasteiger partial charge in [0, 0.05) is 18.7 Å². The third kappa shape index (κ3) is 3.85. The van der Waals surface area contributed by atoms with E-state index in [1.807, 2.05) is 17.0 Å². The number of piperidine rings is 1. The molecule has 0 aromatic heterocycles. The molecule has 0 unspecified atom stereocenters. The van der Waals surface area contributed by atoms with E-state index in [1.165, 1.54) is 0 Å². The van der Waals surface area contributed by atoms with Crippen LogP contribution in [0.4, 0.5) is 4.79 Å². The predicted octanol–water partition coefficient (Wildman–Crippen LogP) is 1.22. The predicted molar refractivity (Wildman–Crippen MR) is 87.2 cm³/mol. The zero-order valence-corrected chi connectivity index (χ0v) is 13.6. The highest BCUT2D eigenvalue weighted by atomic mass is 16.7. The summed E-state index contributed by atoms with van der Waals surface area (Å²) in [6.07, 6.45) is 2.66. The summed E-state index contributed by atoms with van der Waals surface area (Å²) in [5.41, 5.74) is 6.58. The molecule has 0 aliphatic carbocycles. The van der Waals surface area contributed by atoms with Gasteiger partial charge in [0.25, 0.3) is 5.91 Å². The number of nitrogens with one attached hydrogen (secondary N) is 1. The van der Waals surface area contributed by atoms with E-state index >= 15 is 0 Å². The van der Waals surface area contributed by atoms with Gasteiger partial charge in [-0.1, -0.05) is 12.1 Å². The fourth-order valence-electron chi connectivity index (χ4n) is 3.21. The third-order valence-corrected chi connectivity index (χ3v) is 4.44. The molecule has 1 aromatic rings. The largest absolute Gasteiger partial charge is 0.352 e. The van der Waals surface area contributed by atoms with Crippen molar-refractivity contribution in [1.82, 2.24) is 10.2 Å². The lowest BCUT2D eigenvalue weighted by molar-refractivity contribution is -0.100. The summed E-state index contributed by atoms with van der Waals surface area (Å²) in [5.74, 6) is -0.00629. The van der Waals surface area contributed by atoms with Gasteiger partial charge in [0.2, 0.25) is 0 Å². The van der Waals surface area contributed by atoms with Crippen molar-refractivity contribution >= 4 is 11.9 Å². The molecule has 2 aliphatic rings. The number of carbonyl (C=O) groups is 2. The van der Waals surface area contributed by atoms with Gasteiger partial charge in [0.15, 0.2) is 6.29 Å². The maximum absolute atomic E-state index is 12.9. The molecule has 3 amide bonds. The molecule has 2 heterocycles. The molecular weight excluding hydrogens is 310 g/mol. The molecule has 7 nitrogen and oxygen atoms in total. The van der Waals surface area contributed by atoms with Crippen molar-refractivity contribution in [2.75, 3.05) is 19.8 Å². The van der Waals surface area contributed by atoms with E-state index < -0.39 is 6.03 Å². The van der Waals surface area contributed by atoms with Gasteiger partial charge in [-0.25, -0.2) is 4.79 Å². The molecule has 2 fully saturated rings. The number of urea groups is 1. The molecule has 0 radical (unpaired) electrons. The second kappa shape index (κ2) is 7.63. The van der Waals surface area contributed by atoms with Crippen molar-refractivity contribution in [2.45, 2.75) is 38.1 Å². The van der Waals surface area contributed by atoms with E-state index in [2.05, 4.69) is 5.32 Å². The number of nitrogens with zero attached hydrogens (tertiary/aromatic N) is 1. The topological polar surface area (TPSA) is 93.9 Å². The smallest absolute Gasteiger partial charge is 0.312 e. The van der Waals surface area contributed by atoms with Crippen molar-refractivity contribution in [3.63, 3.8) is 0 Å². The Morgan fingerprint density at radius 3 is 2.54 bits per heavy atom. The highest BCUT2D eigenvalue weighted by Crippen LogP contribution is 2.26. The van der Waals surface area contributed by atoms with E-state index in [9.17, 15) is 9.59 Å². The van der Waals surface area contributed by atoms with Crippen molar-refractivity contribution in [2.24, 2.45) is 5.73 Å². The summed E-state index contributed by atoms with van der Waals surface area (Å²) < 4.78 is 11.2. The number of ether oxygens (including phenoxy) is 2. The molecular formula is C17H23N3O4. The minimum Gasteiger partial charge on any atom is -0.352 e. The monoisotopic (exact) mass is 333 g/mol. The number of likely N-dealkylation sites (tertiary alicyclic amines) is 1. The first-order valence-electron chi connectivity index (χ1n) is 8.31. The van der Waals surface area contributed by atoms with Gasteiger partial charge >= 0.3 is 6.03 Å². The maximum atomic E-state index is 12.9. The number of nitrogens with two attached hydrogens (primary N) is 1. The van der Waals surface area contributed by atoms with E-state index in [4.69, 9.17) is 15.2 Å². The molecule has 130 valence electrons. The fraction of sp³-hybridized carbons (Fsp3) is 0.529. The molecule has 3 N–H and O–H groups in total. The summed E-state index contributed by atoms with van der Waals surface area (Å²) in [6, 6.07) is 6.62. The third-order valence-electron chi connectivity index (χ3n) is 4.44. The zero-order valence-electron chi connectivity index (χ0n) is 13.6. The van der Waals surface area contributed by atoms with Crippen molar-refractivity contribution in [1.29, 1.82) is 0 Å². The van der Waals surface area contributed by atoms with Crippen LogP contribution in [0, 0.1) is 0 Å².